The number of aryl methyl sites for hydroxylation is 4. The molecule has 0 saturated heterocycles. The fourth-order valence-corrected chi connectivity index (χ4v) is 2.64. The lowest BCUT2D eigenvalue weighted by Crippen LogP contribution is -1.99. The molecular formula is C18H17N5O2. The van der Waals surface area contributed by atoms with E-state index in [2.05, 4.69) is 20.2 Å². The molecule has 0 N–H and O–H groups in total. The van der Waals surface area contributed by atoms with E-state index in [1.54, 1.807) is 11.6 Å². The van der Waals surface area contributed by atoms with Gasteiger partial charge in [0, 0.05) is 11.3 Å². The summed E-state index contributed by atoms with van der Waals surface area (Å²) in [6.45, 7) is 7.68. The van der Waals surface area contributed by atoms with Gasteiger partial charge in [-0.05, 0) is 45.9 Å². The predicted molar refractivity (Wildman–Crippen MR) is 91.3 cm³/mol. The highest BCUT2D eigenvalue weighted by Crippen LogP contribution is 2.31. The van der Waals surface area contributed by atoms with Crippen LogP contribution in [0.1, 0.15) is 22.8 Å². The molecule has 4 rings (SSSR count). The molecule has 0 aliphatic carbocycles. The quantitative estimate of drug-likeness (QED) is 0.566. The first kappa shape index (κ1) is 15.3. The minimum Gasteiger partial charge on any atom is -0.417 e. The molecule has 0 spiro atoms. The Morgan fingerprint density at radius 3 is 2.28 bits per heavy atom. The highest BCUT2D eigenvalue weighted by Gasteiger charge is 2.24. The average Bonchev–Trinajstić information content (AvgIpc) is 3.26. The van der Waals surface area contributed by atoms with Crippen molar-refractivity contribution in [3.63, 3.8) is 0 Å². The molecule has 0 atom stereocenters. The van der Waals surface area contributed by atoms with Crippen LogP contribution in [0.25, 0.3) is 28.9 Å². The van der Waals surface area contributed by atoms with E-state index in [0.29, 0.717) is 29.2 Å². The van der Waals surface area contributed by atoms with Crippen LogP contribution in [-0.4, -0.2) is 24.9 Å². The molecule has 25 heavy (non-hydrogen) atoms. The summed E-state index contributed by atoms with van der Waals surface area (Å²) in [5.74, 6) is 1.79. The van der Waals surface area contributed by atoms with Gasteiger partial charge in [0.05, 0.1) is 5.69 Å². The second-order valence-electron chi connectivity index (χ2n) is 6.02. The first-order chi connectivity index (χ1) is 12.0. The molecule has 0 radical (unpaired) electrons. The number of hydrogen-bond acceptors (Lipinski definition) is 6. The summed E-state index contributed by atoms with van der Waals surface area (Å²) in [5, 5.41) is 8.34. The van der Waals surface area contributed by atoms with Crippen LogP contribution < -0.4 is 0 Å². The van der Waals surface area contributed by atoms with E-state index in [0.717, 1.165) is 17.0 Å². The molecule has 126 valence electrons. The normalized spacial score (nSPS) is 11.2. The number of oxazole rings is 1. The first-order valence-electron chi connectivity index (χ1n) is 7.93. The second-order valence-corrected chi connectivity index (χ2v) is 6.02. The van der Waals surface area contributed by atoms with Crippen molar-refractivity contribution >= 4 is 0 Å². The lowest BCUT2D eigenvalue weighted by Gasteiger charge is -2.00. The standard InChI is InChI=1S/C18H17N5O2/c1-10-5-7-14(8-6-10)16-20-15(17-19-13(4)22-25-17)18(24-16)23-12(3)9-11(2)21-23/h5-9H,1-4H3. The van der Waals surface area contributed by atoms with E-state index in [9.17, 15) is 0 Å². The number of rotatable bonds is 3. The lowest BCUT2D eigenvalue weighted by molar-refractivity contribution is 0.423. The Morgan fingerprint density at radius 1 is 0.920 bits per heavy atom. The van der Waals surface area contributed by atoms with Crippen molar-refractivity contribution in [2.75, 3.05) is 0 Å². The number of aromatic nitrogens is 5. The monoisotopic (exact) mass is 335 g/mol. The summed E-state index contributed by atoms with van der Waals surface area (Å²) < 4.78 is 13.1. The van der Waals surface area contributed by atoms with Gasteiger partial charge < -0.3 is 8.94 Å². The van der Waals surface area contributed by atoms with Crippen molar-refractivity contribution in [2.45, 2.75) is 27.7 Å². The van der Waals surface area contributed by atoms with E-state index in [1.165, 1.54) is 5.56 Å². The summed E-state index contributed by atoms with van der Waals surface area (Å²) in [4.78, 5) is 8.88. The molecule has 0 fully saturated rings. The van der Waals surface area contributed by atoms with E-state index >= 15 is 0 Å². The predicted octanol–water partition coefficient (Wildman–Crippen LogP) is 3.81. The van der Waals surface area contributed by atoms with Gasteiger partial charge in [-0.3, -0.25) is 0 Å². The van der Waals surface area contributed by atoms with Crippen LogP contribution in [0, 0.1) is 27.7 Å². The molecule has 1 aromatic carbocycles. The molecule has 3 aromatic heterocycles. The van der Waals surface area contributed by atoms with Gasteiger partial charge in [0.1, 0.15) is 0 Å². The fourth-order valence-electron chi connectivity index (χ4n) is 2.64. The summed E-state index contributed by atoms with van der Waals surface area (Å²) in [6, 6.07) is 9.93. The molecule has 3 heterocycles. The van der Waals surface area contributed by atoms with Crippen molar-refractivity contribution in [1.82, 2.24) is 24.9 Å². The molecule has 0 bridgehead atoms. The minimum atomic E-state index is 0.308. The van der Waals surface area contributed by atoms with Crippen molar-refractivity contribution in [3.8, 4) is 28.9 Å². The van der Waals surface area contributed by atoms with Crippen LogP contribution in [0.15, 0.2) is 39.3 Å². The highest BCUT2D eigenvalue weighted by atomic mass is 16.5. The molecule has 7 nitrogen and oxygen atoms in total. The zero-order valence-corrected chi connectivity index (χ0v) is 14.4. The zero-order chi connectivity index (χ0) is 17.6. The highest BCUT2D eigenvalue weighted by molar-refractivity contribution is 5.64. The van der Waals surface area contributed by atoms with E-state index in [1.807, 2.05) is 51.1 Å². The molecule has 0 aliphatic rings. The SMILES string of the molecule is Cc1ccc(-c2nc(-c3nc(C)no3)c(-n3nc(C)cc3C)o2)cc1. The van der Waals surface area contributed by atoms with Crippen molar-refractivity contribution in [2.24, 2.45) is 0 Å². The summed E-state index contributed by atoms with van der Waals surface area (Å²) in [5.41, 5.74) is 4.33. The molecule has 7 heteroatoms. The van der Waals surface area contributed by atoms with Crippen LogP contribution in [0.2, 0.25) is 0 Å². The molecule has 4 aromatic rings. The Kier molecular flexibility index (Phi) is 3.49. The van der Waals surface area contributed by atoms with Crippen LogP contribution in [0.4, 0.5) is 0 Å². The second kappa shape index (κ2) is 5.70. The maximum Gasteiger partial charge on any atom is 0.282 e. The summed E-state index contributed by atoms with van der Waals surface area (Å²) in [6.07, 6.45) is 0. The third kappa shape index (κ3) is 2.73. The van der Waals surface area contributed by atoms with E-state index in [4.69, 9.17) is 8.94 Å². The Bertz CT molecular complexity index is 1040. The largest absolute Gasteiger partial charge is 0.417 e. The Balaban J connectivity index is 1.91. The summed E-state index contributed by atoms with van der Waals surface area (Å²) >= 11 is 0. The van der Waals surface area contributed by atoms with E-state index in [-0.39, 0.29) is 0 Å². The van der Waals surface area contributed by atoms with Crippen LogP contribution in [-0.2, 0) is 0 Å². The Hall–Kier alpha value is -3.22. The average molecular weight is 335 g/mol. The lowest BCUT2D eigenvalue weighted by atomic mass is 10.1. The van der Waals surface area contributed by atoms with Gasteiger partial charge in [0.2, 0.25) is 5.89 Å². The number of benzene rings is 1. The number of nitrogens with zero attached hydrogens (tertiary/aromatic N) is 5. The molecule has 0 saturated carbocycles. The molecular weight excluding hydrogens is 318 g/mol. The van der Waals surface area contributed by atoms with E-state index < -0.39 is 0 Å². The van der Waals surface area contributed by atoms with Crippen molar-refractivity contribution < 1.29 is 8.94 Å². The third-order valence-corrected chi connectivity index (χ3v) is 3.84. The first-order valence-corrected chi connectivity index (χ1v) is 7.93. The number of hydrogen-bond donors (Lipinski definition) is 0. The minimum absolute atomic E-state index is 0.308. The third-order valence-electron chi connectivity index (χ3n) is 3.84. The van der Waals surface area contributed by atoms with Crippen molar-refractivity contribution in [3.05, 3.63) is 53.1 Å². The van der Waals surface area contributed by atoms with Gasteiger partial charge in [-0.15, -0.1) is 0 Å². The van der Waals surface area contributed by atoms with Gasteiger partial charge in [0.25, 0.3) is 11.8 Å². The maximum atomic E-state index is 6.05. The van der Waals surface area contributed by atoms with Gasteiger partial charge in [0.15, 0.2) is 11.5 Å². The summed E-state index contributed by atoms with van der Waals surface area (Å²) in [7, 11) is 0. The van der Waals surface area contributed by atoms with Gasteiger partial charge >= 0.3 is 0 Å². The van der Waals surface area contributed by atoms with Gasteiger partial charge in [-0.25, -0.2) is 9.67 Å². The molecule has 0 amide bonds. The Morgan fingerprint density at radius 2 is 1.68 bits per heavy atom. The van der Waals surface area contributed by atoms with Crippen LogP contribution >= 0.6 is 0 Å². The molecule has 0 unspecified atom stereocenters. The van der Waals surface area contributed by atoms with Gasteiger partial charge in [-0.1, -0.05) is 22.9 Å². The smallest absolute Gasteiger partial charge is 0.282 e. The van der Waals surface area contributed by atoms with Gasteiger partial charge in [-0.2, -0.15) is 10.1 Å². The zero-order valence-electron chi connectivity index (χ0n) is 14.4. The van der Waals surface area contributed by atoms with Crippen LogP contribution in [0.5, 0.6) is 0 Å². The Labute approximate surface area is 144 Å². The maximum absolute atomic E-state index is 6.05. The fraction of sp³-hybridized carbons (Fsp3) is 0.222. The van der Waals surface area contributed by atoms with Crippen molar-refractivity contribution in [1.29, 1.82) is 0 Å². The van der Waals surface area contributed by atoms with Crippen LogP contribution in [0.3, 0.4) is 0 Å². The topological polar surface area (TPSA) is 82.8 Å². The molecule has 0 aliphatic heterocycles.